The van der Waals surface area contributed by atoms with Gasteiger partial charge in [0.05, 0.1) is 0 Å². The number of nitrogens with zero attached hydrogens (tertiary/aromatic N) is 1. The zero-order valence-electron chi connectivity index (χ0n) is 9.18. The largest absolute Gasteiger partial charge is 0.320 e. The first-order valence-electron chi connectivity index (χ1n) is 5.69. The number of rotatable bonds is 6. The molecule has 0 saturated heterocycles. The highest BCUT2D eigenvalue weighted by atomic mass is 15.1. The molecular formula is C11H24N2. The Kier molecular flexibility index (Phi) is 5.40. The van der Waals surface area contributed by atoms with Crippen LogP contribution < -0.4 is 5.32 Å². The molecule has 0 spiro atoms. The SMILES string of the molecule is CNCCCCN(C)C1CCCC1. The zero-order valence-corrected chi connectivity index (χ0v) is 9.18. The van der Waals surface area contributed by atoms with Gasteiger partial charge in [-0.15, -0.1) is 0 Å². The van der Waals surface area contributed by atoms with Crippen LogP contribution in [0.25, 0.3) is 0 Å². The molecule has 13 heavy (non-hydrogen) atoms. The van der Waals surface area contributed by atoms with Crippen molar-refractivity contribution in [1.29, 1.82) is 0 Å². The molecule has 0 aromatic carbocycles. The van der Waals surface area contributed by atoms with Crippen LogP contribution in [0.5, 0.6) is 0 Å². The van der Waals surface area contributed by atoms with E-state index < -0.39 is 0 Å². The average Bonchev–Trinajstić information content (AvgIpc) is 2.65. The Morgan fingerprint density at radius 2 is 1.92 bits per heavy atom. The predicted octanol–water partition coefficient (Wildman–Crippen LogP) is 1.86. The molecule has 2 heteroatoms. The lowest BCUT2D eigenvalue weighted by atomic mass is 10.2. The minimum absolute atomic E-state index is 0.898. The summed E-state index contributed by atoms with van der Waals surface area (Å²) < 4.78 is 0. The second-order valence-electron chi connectivity index (χ2n) is 4.23. The minimum atomic E-state index is 0.898. The molecule has 0 unspecified atom stereocenters. The molecule has 0 amide bonds. The number of hydrogen-bond donors (Lipinski definition) is 1. The third-order valence-electron chi connectivity index (χ3n) is 3.14. The monoisotopic (exact) mass is 184 g/mol. The van der Waals surface area contributed by atoms with Crippen molar-refractivity contribution in [3.8, 4) is 0 Å². The highest BCUT2D eigenvalue weighted by molar-refractivity contribution is 4.74. The van der Waals surface area contributed by atoms with Crippen LogP contribution in [-0.2, 0) is 0 Å². The maximum absolute atomic E-state index is 3.19. The van der Waals surface area contributed by atoms with Gasteiger partial charge in [0.2, 0.25) is 0 Å². The van der Waals surface area contributed by atoms with Gasteiger partial charge in [-0.05, 0) is 52.9 Å². The summed E-state index contributed by atoms with van der Waals surface area (Å²) in [5.41, 5.74) is 0. The average molecular weight is 184 g/mol. The van der Waals surface area contributed by atoms with E-state index in [1.807, 2.05) is 7.05 Å². The van der Waals surface area contributed by atoms with Gasteiger partial charge < -0.3 is 10.2 Å². The number of nitrogens with one attached hydrogen (secondary N) is 1. The Labute approximate surface area is 82.7 Å². The molecule has 1 aliphatic carbocycles. The summed E-state index contributed by atoms with van der Waals surface area (Å²) in [6.45, 7) is 2.45. The Morgan fingerprint density at radius 1 is 1.23 bits per heavy atom. The molecule has 0 radical (unpaired) electrons. The van der Waals surface area contributed by atoms with Gasteiger partial charge in [-0.25, -0.2) is 0 Å². The molecule has 1 rings (SSSR count). The molecule has 0 bridgehead atoms. The van der Waals surface area contributed by atoms with Crippen LogP contribution in [0.15, 0.2) is 0 Å². The second kappa shape index (κ2) is 6.39. The lowest BCUT2D eigenvalue weighted by Crippen LogP contribution is -2.30. The standard InChI is InChI=1S/C11H24N2/c1-12-9-5-6-10-13(2)11-7-3-4-8-11/h11-12H,3-10H2,1-2H3. The van der Waals surface area contributed by atoms with E-state index in [0.717, 1.165) is 6.04 Å². The highest BCUT2D eigenvalue weighted by Crippen LogP contribution is 2.22. The van der Waals surface area contributed by atoms with E-state index in [0.29, 0.717) is 0 Å². The van der Waals surface area contributed by atoms with Crippen LogP contribution in [0.1, 0.15) is 38.5 Å². The summed E-state index contributed by atoms with van der Waals surface area (Å²) in [5.74, 6) is 0. The Balaban J connectivity index is 1.99. The van der Waals surface area contributed by atoms with Crippen LogP contribution in [0.3, 0.4) is 0 Å². The lowest BCUT2D eigenvalue weighted by Gasteiger charge is -2.23. The normalized spacial score (nSPS) is 18.7. The third kappa shape index (κ3) is 4.10. The molecule has 0 aliphatic heterocycles. The van der Waals surface area contributed by atoms with Crippen molar-refractivity contribution in [3.63, 3.8) is 0 Å². The third-order valence-corrected chi connectivity index (χ3v) is 3.14. The van der Waals surface area contributed by atoms with Crippen LogP contribution in [0, 0.1) is 0 Å². The molecule has 1 saturated carbocycles. The summed E-state index contributed by atoms with van der Waals surface area (Å²) in [7, 11) is 4.32. The van der Waals surface area contributed by atoms with Gasteiger partial charge in [0, 0.05) is 6.04 Å². The highest BCUT2D eigenvalue weighted by Gasteiger charge is 2.18. The summed E-state index contributed by atoms with van der Waals surface area (Å²) in [6.07, 6.45) is 8.42. The van der Waals surface area contributed by atoms with Gasteiger partial charge in [0.15, 0.2) is 0 Å². The fourth-order valence-electron chi connectivity index (χ4n) is 2.19. The quantitative estimate of drug-likeness (QED) is 0.634. The van der Waals surface area contributed by atoms with Gasteiger partial charge in [-0.1, -0.05) is 12.8 Å². The molecule has 2 nitrogen and oxygen atoms in total. The minimum Gasteiger partial charge on any atom is -0.320 e. The zero-order chi connectivity index (χ0) is 9.52. The maximum atomic E-state index is 3.19. The predicted molar refractivity (Wildman–Crippen MR) is 58.0 cm³/mol. The van der Waals surface area contributed by atoms with Crippen LogP contribution >= 0.6 is 0 Å². The molecule has 0 aromatic heterocycles. The first-order chi connectivity index (χ1) is 6.34. The Morgan fingerprint density at radius 3 is 2.54 bits per heavy atom. The smallest absolute Gasteiger partial charge is 0.00922 e. The van der Waals surface area contributed by atoms with E-state index in [-0.39, 0.29) is 0 Å². The summed E-state index contributed by atoms with van der Waals surface area (Å²) in [4.78, 5) is 2.56. The Bertz CT molecular complexity index is 119. The van der Waals surface area contributed by atoms with E-state index in [1.165, 1.54) is 51.6 Å². The summed E-state index contributed by atoms with van der Waals surface area (Å²) in [6, 6.07) is 0.898. The van der Waals surface area contributed by atoms with Crippen LogP contribution in [0.2, 0.25) is 0 Å². The van der Waals surface area contributed by atoms with Crippen molar-refractivity contribution < 1.29 is 0 Å². The fourth-order valence-corrected chi connectivity index (χ4v) is 2.19. The van der Waals surface area contributed by atoms with Crippen molar-refractivity contribution in [3.05, 3.63) is 0 Å². The van der Waals surface area contributed by atoms with E-state index in [4.69, 9.17) is 0 Å². The first kappa shape index (κ1) is 11.0. The lowest BCUT2D eigenvalue weighted by molar-refractivity contribution is 0.241. The van der Waals surface area contributed by atoms with E-state index >= 15 is 0 Å². The van der Waals surface area contributed by atoms with Crippen LogP contribution in [-0.4, -0.2) is 38.1 Å². The van der Waals surface area contributed by atoms with Gasteiger partial charge in [0.1, 0.15) is 0 Å². The number of unbranched alkanes of at least 4 members (excludes halogenated alkanes) is 1. The van der Waals surface area contributed by atoms with Gasteiger partial charge >= 0.3 is 0 Å². The van der Waals surface area contributed by atoms with Crippen LogP contribution in [0.4, 0.5) is 0 Å². The van der Waals surface area contributed by atoms with Gasteiger partial charge in [-0.3, -0.25) is 0 Å². The summed E-state index contributed by atoms with van der Waals surface area (Å²) >= 11 is 0. The second-order valence-corrected chi connectivity index (χ2v) is 4.23. The molecule has 0 heterocycles. The first-order valence-corrected chi connectivity index (χ1v) is 5.69. The molecular weight excluding hydrogens is 160 g/mol. The number of hydrogen-bond acceptors (Lipinski definition) is 2. The molecule has 0 aromatic rings. The Hall–Kier alpha value is -0.0800. The van der Waals surface area contributed by atoms with E-state index in [9.17, 15) is 0 Å². The maximum Gasteiger partial charge on any atom is 0.00922 e. The van der Waals surface area contributed by atoms with Crippen molar-refractivity contribution in [2.45, 2.75) is 44.6 Å². The fraction of sp³-hybridized carbons (Fsp3) is 1.00. The van der Waals surface area contributed by atoms with Crippen molar-refractivity contribution >= 4 is 0 Å². The van der Waals surface area contributed by atoms with Crippen molar-refractivity contribution in [1.82, 2.24) is 10.2 Å². The molecule has 1 fully saturated rings. The van der Waals surface area contributed by atoms with Gasteiger partial charge in [0.25, 0.3) is 0 Å². The molecule has 78 valence electrons. The van der Waals surface area contributed by atoms with E-state index in [1.54, 1.807) is 0 Å². The van der Waals surface area contributed by atoms with Gasteiger partial charge in [-0.2, -0.15) is 0 Å². The summed E-state index contributed by atoms with van der Waals surface area (Å²) in [5, 5.41) is 3.19. The molecule has 0 atom stereocenters. The molecule has 1 aliphatic rings. The van der Waals surface area contributed by atoms with Crippen molar-refractivity contribution in [2.75, 3.05) is 27.2 Å². The topological polar surface area (TPSA) is 15.3 Å². The van der Waals surface area contributed by atoms with Crippen molar-refractivity contribution in [2.24, 2.45) is 0 Å². The van der Waals surface area contributed by atoms with E-state index in [2.05, 4.69) is 17.3 Å². The molecule has 1 N–H and O–H groups in total.